The van der Waals surface area contributed by atoms with Crippen molar-refractivity contribution in [1.29, 1.82) is 0 Å². The van der Waals surface area contributed by atoms with Crippen LogP contribution in [0.25, 0.3) is 0 Å². The lowest BCUT2D eigenvalue weighted by molar-refractivity contribution is -0.122. The van der Waals surface area contributed by atoms with Gasteiger partial charge in [0.2, 0.25) is 10.0 Å². The Morgan fingerprint density at radius 3 is 2.37 bits per heavy atom. The summed E-state index contributed by atoms with van der Waals surface area (Å²) in [6.07, 6.45) is 1.48. The summed E-state index contributed by atoms with van der Waals surface area (Å²) in [6, 6.07) is 11.6. The van der Waals surface area contributed by atoms with Gasteiger partial charge < -0.3 is 0 Å². The number of halogens is 3. The molecule has 1 fully saturated rings. The number of carbonyl (C=O) groups excluding carboxylic acids is 1. The van der Waals surface area contributed by atoms with Gasteiger partial charge in [-0.15, -0.1) is 0 Å². The molecular weight excluding hydrogens is 515 g/mol. The van der Waals surface area contributed by atoms with Crippen LogP contribution >= 0.6 is 39.1 Å². The molecule has 0 radical (unpaired) electrons. The van der Waals surface area contributed by atoms with Crippen LogP contribution in [0.1, 0.15) is 5.56 Å². The standard InChI is InChI=1S/C19H19BrCl2N4O3S/c20-15-2-4-16(5-3-15)30(28,29)26-9-7-25(8-10-26)13-19(27)24-23-12-14-1-6-17(21)18(22)11-14/h1-6,11-12H,7-10,13H2,(H,24,27)/b23-12+. The molecule has 1 aliphatic heterocycles. The molecule has 0 atom stereocenters. The third kappa shape index (κ3) is 6.03. The molecule has 0 saturated carbocycles. The van der Waals surface area contributed by atoms with Gasteiger partial charge in [-0.05, 0) is 42.0 Å². The quantitative estimate of drug-likeness (QED) is 0.456. The minimum absolute atomic E-state index is 0.130. The largest absolute Gasteiger partial charge is 0.292 e. The topological polar surface area (TPSA) is 82.1 Å². The van der Waals surface area contributed by atoms with E-state index in [0.717, 1.165) is 4.47 Å². The Bertz CT molecular complexity index is 1040. The first-order valence-electron chi connectivity index (χ1n) is 9.01. The molecule has 0 spiro atoms. The summed E-state index contributed by atoms with van der Waals surface area (Å²) in [5.74, 6) is -0.282. The van der Waals surface area contributed by atoms with Gasteiger partial charge in [0, 0.05) is 30.7 Å². The predicted molar refractivity (Wildman–Crippen MR) is 122 cm³/mol. The Balaban J connectivity index is 1.48. The van der Waals surface area contributed by atoms with E-state index in [0.29, 0.717) is 41.8 Å². The highest BCUT2D eigenvalue weighted by Crippen LogP contribution is 2.22. The summed E-state index contributed by atoms with van der Waals surface area (Å²) in [5, 5.41) is 4.76. The number of hydrazone groups is 1. The van der Waals surface area contributed by atoms with E-state index in [1.165, 1.54) is 10.5 Å². The molecule has 1 amide bonds. The lowest BCUT2D eigenvalue weighted by atomic mass is 10.2. The van der Waals surface area contributed by atoms with Crippen molar-refractivity contribution in [2.75, 3.05) is 32.7 Å². The molecule has 1 heterocycles. The van der Waals surface area contributed by atoms with E-state index in [4.69, 9.17) is 23.2 Å². The normalized spacial score (nSPS) is 16.1. The number of nitrogens with zero attached hydrogens (tertiary/aromatic N) is 3. The van der Waals surface area contributed by atoms with Crippen molar-refractivity contribution in [2.24, 2.45) is 5.10 Å². The highest BCUT2D eigenvalue weighted by molar-refractivity contribution is 9.10. The van der Waals surface area contributed by atoms with Gasteiger partial charge >= 0.3 is 0 Å². The van der Waals surface area contributed by atoms with Gasteiger partial charge in [-0.2, -0.15) is 9.41 Å². The predicted octanol–water partition coefficient (Wildman–Crippen LogP) is 3.21. The molecule has 2 aromatic rings. The second-order valence-electron chi connectivity index (χ2n) is 6.60. The van der Waals surface area contributed by atoms with Crippen molar-refractivity contribution in [1.82, 2.24) is 14.6 Å². The maximum Gasteiger partial charge on any atom is 0.254 e. The number of hydrogen-bond donors (Lipinski definition) is 1. The van der Waals surface area contributed by atoms with Crippen LogP contribution in [0.5, 0.6) is 0 Å². The minimum Gasteiger partial charge on any atom is -0.292 e. The van der Waals surface area contributed by atoms with Gasteiger partial charge in [-0.1, -0.05) is 45.2 Å². The molecule has 11 heteroatoms. The first-order valence-corrected chi connectivity index (χ1v) is 12.0. The van der Waals surface area contributed by atoms with Gasteiger partial charge in [0.25, 0.3) is 5.91 Å². The molecule has 0 aliphatic carbocycles. The molecule has 1 saturated heterocycles. The molecule has 1 N–H and O–H groups in total. The summed E-state index contributed by atoms with van der Waals surface area (Å²) in [4.78, 5) is 14.2. The summed E-state index contributed by atoms with van der Waals surface area (Å²) in [5.41, 5.74) is 3.17. The van der Waals surface area contributed by atoms with Crippen LogP contribution in [0.3, 0.4) is 0 Å². The molecule has 0 bridgehead atoms. The lowest BCUT2D eigenvalue weighted by Crippen LogP contribution is -2.50. The van der Waals surface area contributed by atoms with Gasteiger partial charge in [0.05, 0.1) is 27.7 Å². The third-order valence-corrected chi connectivity index (χ3v) is 7.68. The number of amides is 1. The lowest BCUT2D eigenvalue weighted by Gasteiger charge is -2.33. The van der Waals surface area contributed by atoms with E-state index in [2.05, 4.69) is 26.5 Å². The van der Waals surface area contributed by atoms with Crippen molar-refractivity contribution in [3.05, 3.63) is 62.5 Å². The van der Waals surface area contributed by atoms with Gasteiger partial charge in [-0.25, -0.2) is 13.8 Å². The van der Waals surface area contributed by atoms with Crippen molar-refractivity contribution in [3.8, 4) is 0 Å². The van der Waals surface area contributed by atoms with Crippen LogP contribution in [-0.2, 0) is 14.8 Å². The second-order valence-corrected chi connectivity index (χ2v) is 10.3. The van der Waals surface area contributed by atoms with Crippen LogP contribution in [0, 0.1) is 0 Å². The zero-order chi connectivity index (χ0) is 21.7. The summed E-state index contributed by atoms with van der Waals surface area (Å²) in [7, 11) is -3.54. The minimum atomic E-state index is -3.54. The Morgan fingerprint density at radius 1 is 1.07 bits per heavy atom. The van der Waals surface area contributed by atoms with Gasteiger partial charge in [0.1, 0.15) is 0 Å². The van der Waals surface area contributed by atoms with Crippen LogP contribution < -0.4 is 5.43 Å². The van der Waals surface area contributed by atoms with Crippen molar-refractivity contribution in [2.45, 2.75) is 4.90 Å². The Morgan fingerprint density at radius 2 is 1.73 bits per heavy atom. The molecule has 2 aromatic carbocycles. The molecule has 3 rings (SSSR count). The van der Waals surface area contributed by atoms with Crippen molar-refractivity contribution < 1.29 is 13.2 Å². The van der Waals surface area contributed by atoms with Crippen molar-refractivity contribution in [3.63, 3.8) is 0 Å². The SMILES string of the molecule is O=C(CN1CCN(S(=O)(=O)c2ccc(Br)cc2)CC1)N/N=C/c1ccc(Cl)c(Cl)c1. The van der Waals surface area contributed by atoms with E-state index in [-0.39, 0.29) is 17.3 Å². The number of hydrogen-bond acceptors (Lipinski definition) is 5. The average Bonchev–Trinajstić information content (AvgIpc) is 2.71. The molecule has 160 valence electrons. The molecule has 0 aromatic heterocycles. The number of rotatable bonds is 6. The van der Waals surface area contributed by atoms with E-state index in [1.54, 1.807) is 42.5 Å². The number of benzene rings is 2. The van der Waals surface area contributed by atoms with E-state index >= 15 is 0 Å². The zero-order valence-electron chi connectivity index (χ0n) is 15.8. The molecule has 1 aliphatic rings. The van der Waals surface area contributed by atoms with E-state index < -0.39 is 10.0 Å². The number of piperazine rings is 1. The first kappa shape index (κ1) is 23.2. The highest BCUT2D eigenvalue weighted by atomic mass is 79.9. The average molecular weight is 534 g/mol. The fourth-order valence-electron chi connectivity index (χ4n) is 2.89. The van der Waals surface area contributed by atoms with E-state index in [9.17, 15) is 13.2 Å². The Hall–Kier alpha value is -1.49. The summed E-state index contributed by atoms with van der Waals surface area (Å²) >= 11 is 15.1. The molecular formula is C19H19BrCl2N4O3S. The summed E-state index contributed by atoms with van der Waals surface area (Å²) < 4.78 is 27.7. The van der Waals surface area contributed by atoms with Crippen LogP contribution in [0.15, 0.2) is 56.9 Å². The van der Waals surface area contributed by atoms with Gasteiger partial charge in [0.15, 0.2) is 0 Å². The highest BCUT2D eigenvalue weighted by Gasteiger charge is 2.28. The maximum atomic E-state index is 12.7. The fraction of sp³-hybridized carbons (Fsp3) is 0.263. The Kier molecular flexibility index (Phi) is 7.89. The number of carbonyl (C=O) groups is 1. The van der Waals surface area contributed by atoms with Crippen molar-refractivity contribution >= 4 is 61.3 Å². The van der Waals surface area contributed by atoms with Crippen LogP contribution in [-0.4, -0.2) is 62.5 Å². The third-order valence-electron chi connectivity index (χ3n) is 4.50. The smallest absolute Gasteiger partial charge is 0.254 e. The maximum absolute atomic E-state index is 12.7. The zero-order valence-corrected chi connectivity index (χ0v) is 19.7. The Labute approximate surface area is 193 Å². The number of nitrogens with one attached hydrogen (secondary N) is 1. The first-order chi connectivity index (χ1) is 14.3. The summed E-state index contributed by atoms with van der Waals surface area (Å²) in [6.45, 7) is 1.68. The number of sulfonamides is 1. The monoisotopic (exact) mass is 532 g/mol. The van der Waals surface area contributed by atoms with E-state index in [1.807, 2.05) is 4.90 Å². The molecule has 7 nitrogen and oxygen atoms in total. The van der Waals surface area contributed by atoms with Gasteiger partial charge in [-0.3, -0.25) is 9.69 Å². The molecule has 30 heavy (non-hydrogen) atoms. The molecule has 0 unspecified atom stereocenters. The second kappa shape index (κ2) is 10.2. The van der Waals surface area contributed by atoms with Crippen LogP contribution in [0.4, 0.5) is 0 Å². The fourth-order valence-corrected chi connectivity index (χ4v) is 4.89. The van der Waals surface area contributed by atoms with Crippen LogP contribution in [0.2, 0.25) is 10.0 Å².